The van der Waals surface area contributed by atoms with Gasteiger partial charge in [0.2, 0.25) is 5.91 Å². The molecule has 1 aliphatic heterocycles. The van der Waals surface area contributed by atoms with Gasteiger partial charge in [0.25, 0.3) is 0 Å². The standard InChI is InChI=1S/C8H12N2O/c9-7-5-3-1-2-4-6(5)10-8(7)11/h4-5,7H,1-3,9H2,(H,10,11)/t5?,7-/m0/s1. The van der Waals surface area contributed by atoms with E-state index in [9.17, 15) is 4.79 Å². The van der Waals surface area contributed by atoms with Gasteiger partial charge >= 0.3 is 0 Å². The number of carbonyl (C=O) groups is 1. The van der Waals surface area contributed by atoms with Crippen LogP contribution in [0.2, 0.25) is 0 Å². The lowest BCUT2D eigenvalue weighted by molar-refractivity contribution is -0.120. The third-order valence-corrected chi connectivity index (χ3v) is 2.49. The Morgan fingerprint density at radius 1 is 1.64 bits per heavy atom. The summed E-state index contributed by atoms with van der Waals surface area (Å²) >= 11 is 0. The van der Waals surface area contributed by atoms with Crippen molar-refractivity contribution in [2.24, 2.45) is 11.7 Å². The second-order valence-electron chi connectivity index (χ2n) is 3.21. The van der Waals surface area contributed by atoms with Gasteiger partial charge in [-0.3, -0.25) is 4.79 Å². The fourth-order valence-electron chi connectivity index (χ4n) is 1.83. The number of carbonyl (C=O) groups excluding carboxylic acids is 1. The molecule has 60 valence electrons. The summed E-state index contributed by atoms with van der Waals surface area (Å²) in [7, 11) is 0. The highest BCUT2D eigenvalue weighted by Gasteiger charge is 2.36. The third kappa shape index (κ3) is 0.959. The lowest BCUT2D eigenvalue weighted by Gasteiger charge is -2.17. The third-order valence-electron chi connectivity index (χ3n) is 2.49. The van der Waals surface area contributed by atoms with E-state index in [0.717, 1.165) is 25.0 Å². The van der Waals surface area contributed by atoms with E-state index in [2.05, 4.69) is 11.4 Å². The van der Waals surface area contributed by atoms with Crippen molar-refractivity contribution in [1.82, 2.24) is 5.32 Å². The first-order valence-corrected chi connectivity index (χ1v) is 4.05. The van der Waals surface area contributed by atoms with Crippen LogP contribution in [0.1, 0.15) is 19.3 Å². The smallest absolute Gasteiger partial charge is 0.241 e. The summed E-state index contributed by atoms with van der Waals surface area (Å²) < 4.78 is 0. The molecule has 2 aliphatic rings. The molecule has 1 aliphatic carbocycles. The van der Waals surface area contributed by atoms with Crippen molar-refractivity contribution in [3.8, 4) is 0 Å². The second kappa shape index (κ2) is 2.34. The fraction of sp³-hybridized carbons (Fsp3) is 0.625. The number of nitrogens with two attached hydrogens (primary N) is 1. The van der Waals surface area contributed by atoms with Gasteiger partial charge in [0.1, 0.15) is 0 Å². The average molecular weight is 152 g/mol. The minimum absolute atomic E-state index is 0.0110. The van der Waals surface area contributed by atoms with Crippen molar-refractivity contribution >= 4 is 5.91 Å². The van der Waals surface area contributed by atoms with Crippen molar-refractivity contribution in [1.29, 1.82) is 0 Å². The Kier molecular flexibility index (Phi) is 1.46. The molecule has 3 N–H and O–H groups in total. The maximum Gasteiger partial charge on any atom is 0.241 e. The summed E-state index contributed by atoms with van der Waals surface area (Å²) in [4.78, 5) is 11.1. The molecule has 2 atom stereocenters. The molecule has 1 unspecified atom stereocenters. The summed E-state index contributed by atoms with van der Waals surface area (Å²) in [6, 6.07) is -0.290. The molecule has 0 saturated carbocycles. The van der Waals surface area contributed by atoms with Crippen LogP contribution in [0.25, 0.3) is 0 Å². The van der Waals surface area contributed by atoms with E-state index in [1.807, 2.05) is 0 Å². The molecule has 1 amide bonds. The van der Waals surface area contributed by atoms with Crippen LogP contribution in [-0.4, -0.2) is 11.9 Å². The van der Waals surface area contributed by atoms with E-state index in [-0.39, 0.29) is 17.9 Å². The Hall–Kier alpha value is -0.830. The molecule has 0 spiro atoms. The van der Waals surface area contributed by atoms with Gasteiger partial charge in [-0.25, -0.2) is 0 Å². The predicted molar refractivity (Wildman–Crippen MR) is 41.5 cm³/mol. The molecular formula is C8H12N2O. The van der Waals surface area contributed by atoms with Crippen LogP contribution in [0.4, 0.5) is 0 Å². The molecule has 1 heterocycles. The van der Waals surface area contributed by atoms with Crippen LogP contribution in [0.3, 0.4) is 0 Å². The summed E-state index contributed by atoms with van der Waals surface area (Å²) in [6.07, 6.45) is 5.40. The zero-order chi connectivity index (χ0) is 7.84. The lowest BCUT2D eigenvalue weighted by Crippen LogP contribution is -2.34. The topological polar surface area (TPSA) is 55.1 Å². The molecule has 0 aromatic heterocycles. The van der Waals surface area contributed by atoms with Gasteiger partial charge in [0, 0.05) is 11.6 Å². The Bertz CT molecular complexity index is 222. The Labute approximate surface area is 65.6 Å². The monoisotopic (exact) mass is 152 g/mol. The normalized spacial score (nSPS) is 36.1. The van der Waals surface area contributed by atoms with Gasteiger partial charge < -0.3 is 11.1 Å². The first-order valence-electron chi connectivity index (χ1n) is 4.05. The van der Waals surface area contributed by atoms with Crippen molar-refractivity contribution in [2.75, 3.05) is 0 Å². The number of hydrogen-bond acceptors (Lipinski definition) is 2. The molecule has 1 saturated heterocycles. The first kappa shape index (κ1) is 6.85. The van der Waals surface area contributed by atoms with Crippen LogP contribution in [0.15, 0.2) is 11.8 Å². The first-order chi connectivity index (χ1) is 5.29. The summed E-state index contributed by atoms with van der Waals surface area (Å²) in [5.41, 5.74) is 6.74. The Morgan fingerprint density at radius 3 is 3.18 bits per heavy atom. The molecule has 3 heteroatoms. The Morgan fingerprint density at radius 2 is 2.45 bits per heavy atom. The van der Waals surface area contributed by atoms with Crippen LogP contribution >= 0.6 is 0 Å². The molecule has 3 nitrogen and oxygen atoms in total. The van der Waals surface area contributed by atoms with Crippen LogP contribution in [-0.2, 0) is 4.79 Å². The summed E-state index contributed by atoms with van der Waals surface area (Å²) in [5, 5.41) is 2.80. The molecule has 2 rings (SSSR count). The van der Waals surface area contributed by atoms with Crippen molar-refractivity contribution in [3.05, 3.63) is 11.8 Å². The van der Waals surface area contributed by atoms with E-state index >= 15 is 0 Å². The highest BCUT2D eigenvalue weighted by atomic mass is 16.2. The van der Waals surface area contributed by atoms with Crippen LogP contribution < -0.4 is 11.1 Å². The molecule has 0 aromatic rings. The summed E-state index contributed by atoms with van der Waals surface area (Å²) in [6.45, 7) is 0. The summed E-state index contributed by atoms with van der Waals surface area (Å²) in [5.74, 6) is 0.277. The van der Waals surface area contributed by atoms with Crippen molar-refractivity contribution < 1.29 is 4.79 Å². The number of hydrogen-bond donors (Lipinski definition) is 2. The van der Waals surface area contributed by atoms with Crippen LogP contribution in [0.5, 0.6) is 0 Å². The SMILES string of the molecule is N[C@@H]1C(=O)NC2=CCCCC21. The largest absolute Gasteiger partial charge is 0.328 e. The number of fused-ring (bicyclic) bond motifs is 1. The van der Waals surface area contributed by atoms with Gasteiger partial charge in [0.05, 0.1) is 6.04 Å². The van der Waals surface area contributed by atoms with Gasteiger partial charge in [-0.15, -0.1) is 0 Å². The average Bonchev–Trinajstić information content (AvgIpc) is 2.30. The van der Waals surface area contributed by atoms with E-state index < -0.39 is 0 Å². The number of rotatable bonds is 0. The van der Waals surface area contributed by atoms with E-state index in [0.29, 0.717) is 0 Å². The van der Waals surface area contributed by atoms with E-state index in [1.165, 1.54) is 0 Å². The van der Waals surface area contributed by atoms with Crippen LogP contribution in [0, 0.1) is 5.92 Å². The maximum atomic E-state index is 11.1. The minimum atomic E-state index is -0.290. The lowest BCUT2D eigenvalue weighted by atomic mass is 9.90. The molecule has 0 radical (unpaired) electrons. The van der Waals surface area contributed by atoms with Crippen molar-refractivity contribution in [3.63, 3.8) is 0 Å². The number of nitrogens with one attached hydrogen (secondary N) is 1. The van der Waals surface area contributed by atoms with Gasteiger partial charge in [-0.2, -0.15) is 0 Å². The van der Waals surface area contributed by atoms with Gasteiger partial charge in [-0.1, -0.05) is 6.08 Å². The van der Waals surface area contributed by atoms with Crippen molar-refractivity contribution in [2.45, 2.75) is 25.3 Å². The molecule has 0 bridgehead atoms. The minimum Gasteiger partial charge on any atom is -0.328 e. The van der Waals surface area contributed by atoms with E-state index in [1.54, 1.807) is 0 Å². The van der Waals surface area contributed by atoms with Gasteiger partial charge in [0.15, 0.2) is 0 Å². The molecule has 0 aromatic carbocycles. The predicted octanol–water partition coefficient (Wildman–Crippen LogP) is 0.127. The zero-order valence-corrected chi connectivity index (χ0v) is 6.34. The van der Waals surface area contributed by atoms with Gasteiger partial charge in [-0.05, 0) is 19.3 Å². The second-order valence-corrected chi connectivity index (χ2v) is 3.21. The fourth-order valence-corrected chi connectivity index (χ4v) is 1.83. The number of amides is 1. The molecular weight excluding hydrogens is 140 g/mol. The van der Waals surface area contributed by atoms with E-state index in [4.69, 9.17) is 5.73 Å². The quantitative estimate of drug-likeness (QED) is 0.518. The maximum absolute atomic E-state index is 11.1. The molecule has 1 fully saturated rings. The highest BCUT2D eigenvalue weighted by Crippen LogP contribution is 2.29. The molecule has 11 heavy (non-hydrogen) atoms. The Balaban J connectivity index is 2.26. The number of allylic oxidation sites excluding steroid dienone is 1. The zero-order valence-electron chi connectivity index (χ0n) is 6.34. The highest BCUT2D eigenvalue weighted by molar-refractivity contribution is 5.87.